The number of carbonyl (C=O) groups is 1. The van der Waals surface area contributed by atoms with Crippen molar-refractivity contribution in [2.75, 3.05) is 0 Å². The van der Waals surface area contributed by atoms with Crippen LogP contribution in [-0.2, 0) is 13.0 Å². The summed E-state index contributed by atoms with van der Waals surface area (Å²) in [7, 11) is 0. The van der Waals surface area contributed by atoms with Gasteiger partial charge in [0.05, 0.1) is 12.2 Å². The molecule has 3 rings (SSSR count). The zero-order valence-corrected chi connectivity index (χ0v) is 10.4. The standard InChI is InChI=1S/C13H13N3O3/c1-8-12(13(17)18)14-15-16(8)7-10-6-9-4-2-3-5-11(9)19-10/h2-5,10H,6-7H2,1H3,(H,17,18). The van der Waals surface area contributed by atoms with Gasteiger partial charge in [-0.05, 0) is 18.6 Å². The number of hydrogen-bond acceptors (Lipinski definition) is 4. The van der Waals surface area contributed by atoms with Crippen LogP contribution < -0.4 is 4.74 Å². The van der Waals surface area contributed by atoms with Crippen LogP contribution in [-0.4, -0.2) is 32.2 Å². The van der Waals surface area contributed by atoms with E-state index < -0.39 is 5.97 Å². The molecule has 0 saturated carbocycles. The number of hydrogen-bond donors (Lipinski definition) is 1. The van der Waals surface area contributed by atoms with Crippen LogP contribution >= 0.6 is 0 Å². The van der Waals surface area contributed by atoms with Gasteiger partial charge >= 0.3 is 5.97 Å². The van der Waals surface area contributed by atoms with E-state index in [1.54, 1.807) is 11.6 Å². The van der Waals surface area contributed by atoms with Crippen molar-refractivity contribution < 1.29 is 14.6 Å². The molecule has 0 bridgehead atoms. The Bertz CT molecular complexity index is 611. The summed E-state index contributed by atoms with van der Waals surface area (Å²) >= 11 is 0. The fraction of sp³-hybridized carbons (Fsp3) is 0.308. The van der Waals surface area contributed by atoms with Crippen LogP contribution in [0.3, 0.4) is 0 Å². The molecule has 1 aliphatic heterocycles. The summed E-state index contributed by atoms with van der Waals surface area (Å²) < 4.78 is 7.38. The van der Waals surface area contributed by atoms with Crippen molar-refractivity contribution in [3.63, 3.8) is 0 Å². The van der Waals surface area contributed by atoms with Crippen molar-refractivity contribution in [1.29, 1.82) is 0 Å². The Kier molecular flexibility index (Phi) is 2.70. The topological polar surface area (TPSA) is 77.2 Å². The highest BCUT2D eigenvalue weighted by molar-refractivity contribution is 5.86. The first kappa shape index (κ1) is 11.7. The van der Waals surface area contributed by atoms with Gasteiger partial charge in [0.2, 0.25) is 0 Å². The first-order valence-electron chi connectivity index (χ1n) is 6.03. The maximum Gasteiger partial charge on any atom is 0.358 e. The molecule has 1 atom stereocenters. The molecule has 0 fully saturated rings. The smallest absolute Gasteiger partial charge is 0.358 e. The van der Waals surface area contributed by atoms with Gasteiger partial charge in [0, 0.05) is 6.42 Å². The van der Waals surface area contributed by atoms with Crippen molar-refractivity contribution in [3.05, 3.63) is 41.2 Å². The second-order valence-corrected chi connectivity index (χ2v) is 4.56. The minimum Gasteiger partial charge on any atom is -0.488 e. The minimum absolute atomic E-state index is 0.00416. The summed E-state index contributed by atoms with van der Waals surface area (Å²) in [6, 6.07) is 7.89. The van der Waals surface area contributed by atoms with Gasteiger partial charge in [0.25, 0.3) is 0 Å². The van der Waals surface area contributed by atoms with Crippen molar-refractivity contribution in [3.8, 4) is 5.75 Å². The van der Waals surface area contributed by atoms with E-state index in [1.165, 1.54) is 5.56 Å². The molecule has 98 valence electrons. The van der Waals surface area contributed by atoms with E-state index in [-0.39, 0.29) is 11.8 Å². The second kappa shape index (κ2) is 4.38. The number of fused-ring (bicyclic) bond motifs is 1. The molecule has 6 heteroatoms. The van der Waals surface area contributed by atoms with E-state index in [0.717, 1.165) is 12.2 Å². The third kappa shape index (κ3) is 2.05. The average Bonchev–Trinajstić information content (AvgIpc) is 2.94. The molecule has 6 nitrogen and oxygen atoms in total. The van der Waals surface area contributed by atoms with Crippen molar-refractivity contribution in [1.82, 2.24) is 15.0 Å². The van der Waals surface area contributed by atoms with E-state index in [0.29, 0.717) is 12.2 Å². The van der Waals surface area contributed by atoms with Crippen LogP contribution in [0.4, 0.5) is 0 Å². The summed E-state index contributed by atoms with van der Waals surface area (Å²) in [5.74, 6) is -0.164. The van der Waals surface area contributed by atoms with E-state index in [1.807, 2.05) is 24.3 Å². The highest BCUT2D eigenvalue weighted by Gasteiger charge is 2.25. The number of aromatic carboxylic acids is 1. The fourth-order valence-electron chi connectivity index (χ4n) is 2.28. The van der Waals surface area contributed by atoms with Gasteiger partial charge in [-0.2, -0.15) is 0 Å². The zero-order valence-electron chi connectivity index (χ0n) is 10.4. The summed E-state index contributed by atoms with van der Waals surface area (Å²) in [4.78, 5) is 10.9. The van der Waals surface area contributed by atoms with Crippen LogP contribution in [0.5, 0.6) is 5.75 Å². The molecule has 0 amide bonds. The third-order valence-corrected chi connectivity index (χ3v) is 3.28. The van der Waals surface area contributed by atoms with E-state index in [2.05, 4.69) is 10.3 Å². The number of para-hydroxylation sites is 1. The first-order valence-corrected chi connectivity index (χ1v) is 6.03. The number of ether oxygens (including phenoxy) is 1. The fourth-order valence-corrected chi connectivity index (χ4v) is 2.28. The maximum atomic E-state index is 10.9. The first-order chi connectivity index (χ1) is 9.15. The quantitative estimate of drug-likeness (QED) is 0.898. The predicted molar refractivity (Wildman–Crippen MR) is 66.3 cm³/mol. The lowest BCUT2D eigenvalue weighted by Gasteiger charge is -2.11. The highest BCUT2D eigenvalue weighted by atomic mass is 16.5. The number of rotatable bonds is 3. The van der Waals surface area contributed by atoms with Gasteiger partial charge in [-0.15, -0.1) is 5.10 Å². The molecule has 1 N–H and O–H groups in total. The van der Waals surface area contributed by atoms with Crippen LogP contribution in [0.15, 0.2) is 24.3 Å². The van der Waals surface area contributed by atoms with Gasteiger partial charge in [-0.3, -0.25) is 0 Å². The monoisotopic (exact) mass is 259 g/mol. The number of aromatic nitrogens is 3. The maximum absolute atomic E-state index is 10.9. The Balaban J connectivity index is 1.76. The Morgan fingerprint density at radius 2 is 2.32 bits per heavy atom. The summed E-state index contributed by atoms with van der Waals surface area (Å²) in [5, 5.41) is 16.5. The van der Waals surface area contributed by atoms with Crippen molar-refractivity contribution in [2.24, 2.45) is 0 Å². The number of benzene rings is 1. The summed E-state index contributed by atoms with van der Waals surface area (Å²) in [6.45, 7) is 2.20. The molecule has 1 aliphatic rings. The Labute approximate surface area is 109 Å². The predicted octanol–water partition coefficient (Wildman–Crippen LogP) is 1.29. The lowest BCUT2D eigenvalue weighted by Crippen LogP contribution is -2.22. The molecule has 2 heterocycles. The van der Waals surface area contributed by atoms with E-state index in [9.17, 15) is 4.79 Å². The highest BCUT2D eigenvalue weighted by Crippen LogP contribution is 2.28. The normalized spacial score (nSPS) is 17.0. The SMILES string of the molecule is Cc1c(C(=O)O)nnn1CC1Cc2ccccc2O1. The summed E-state index contributed by atoms with van der Waals surface area (Å²) in [5.41, 5.74) is 1.71. The number of carboxylic acid groups (broad SMARTS) is 1. The number of carboxylic acids is 1. The molecule has 1 aromatic heterocycles. The van der Waals surface area contributed by atoms with Crippen LogP contribution in [0.2, 0.25) is 0 Å². The van der Waals surface area contributed by atoms with Gasteiger partial charge in [0.15, 0.2) is 5.69 Å². The minimum atomic E-state index is -1.06. The van der Waals surface area contributed by atoms with Crippen LogP contribution in [0.1, 0.15) is 21.7 Å². The molecule has 0 aliphatic carbocycles. The molecule has 0 radical (unpaired) electrons. The summed E-state index contributed by atoms with van der Waals surface area (Å²) in [6.07, 6.45) is 0.775. The van der Waals surface area contributed by atoms with E-state index in [4.69, 9.17) is 9.84 Å². The van der Waals surface area contributed by atoms with Crippen LogP contribution in [0.25, 0.3) is 0 Å². The number of nitrogens with zero attached hydrogens (tertiary/aromatic N) is 3. The lowest BCUT2D eigenvalue weighted by molar-refractivity contribution is 0.0689. The van der Waals surface area contributed by atoms with Gasteiger partial charge < -0.3 is 9.84 Å². The third-order valence-electron chi connectivity index (χ3n) is 3.28. The molecule has 0 saturated heterocycles. The molecular formula is C13H13N3O3. The molecule has 2 aromatic rings. The molecular weight excluding hydrogens is 246 g/mol. The zero-order chi connectivity index (χ0) is 13.4. The van der Waals surface area contributed by atoms with Crippen LogP contribution in [0, 0.1) is 6.92 Å². The van der Waals surface area contributed by atoms with Crippen molar-refractivity contribution in [2.45, 2.75) is 26.0 Å². The Morgan fingerprint density at radius 3 is 3.00 bits per heavy atom. The van der Waals surface area contributed by atoms with Gasteiger partial charge in [-0.25, -0.2) is 9.48 Å². The molecule has 1 aromatic carbocycles. The Morgan fingerprint density at radius 1 is 1.53 bits per heavy atom. The average molecular weight is 259 g/mol. The Hall–Kier alpha value is -2.37. The second-order valence-electron chi connectivity index (χ2n) is 4.56. The lowest BCUT2D eigenvalue weighted by atomic mass is 10.1. The van der Waals surface area contributed by atoms with E-state index >= 15 is 0 Å². The largest absolute Gasteiger partial charge is 0.488 e. The van der Waals surface area contributed by atoms with Gasteiger partial charge in [0.1, 0.15) is 11.9 Å². The molecule has 1 unspecified atom stereocenters. The van der Waals surface area contributed by atoms with Crippen molar-refractivity contribution >= 4 is 5.97 Å². The molecule has 19 heavy (non-hydrogen) atoms. The van der Waals surface area contributed by atoms with Gasteiger partial charge in [-0.1, -0.05) is 23.4 Å². The molecule has 0 spiro atoms.